The number of hydrogen-bond acceptors (Lipinski definition) is 5. The molecule has 34 heavy (non-hydrogen) atoms. The van der Waals surface area contributed by atoms with Crippen molar-refractivity contribution in [2.24, 2.45) is 4.99 Å². The molecule has 1 aromatic heterocycles. The summed E-state index contributed by atoms with van der Waals surface area (Å²) in [6, 6.07) is 26.9. The van der Waals surface area contributed by atoms with Gasteiger partial charge in [-0.1, -0.05) is 60.7 Å². The van der Waals surface area contributed by atoms with Crippen LogP contribution < -0.4 is 10.6 Å². The Morgan fingerprint density at radius 3 is 2.26 bits per heavy atom. The zero-order valence-electron chi connectivity index (χ0n) is 19.0. The summed E-state index contributed by atoms with van der Waals surface area (Å²) in [7, 11) is 1.90. The number of aryl methyl sites for hydroxylation is 2. The van der Waals surface area contributed by atoms with Crippen LogP contribution in [0.1, 0.15) is 38.8 Å². The summed E-state index contributed by atoms with van der Waals surface area (Å²) in [4.78, 5) is 19.9. The standard InChI is InChI=1S/C29H26N4O/c1-30-29-26-17-24(14-15-27(26)32-28(33-29)25-3-2-16-31-18-25)23-12-10-21(11-13-23)5-4-20-6-8-22(19-34)9-7-20/h2-3,6-19,28,32H,4-5H2,1H3,(H,30,33). The highest BCUT2D eigenvalue weighted by Crippen LogP contribution is 2.32. The third-order valence-corrected chi connectivity index (χ3v) is 6.17. The molecule has 1 aliphatic rings. The van der Waals surface area contributed by atoms with Crippen LogP contribution in [0, 0.1) is 0 Å². The van der Waals surface area contributed by atoms with Crippen LogP contribution >= 0.6 is 0 Å². The number of nitrogens with one attached hydrogen (secondary N) is 2. The highest BCUT2D eigenvalue weighted by Gasteiger charge is 2.21. The normalized spacial score (nSPS) is 14.5. The van der Waals surface area contributed by atoms with Crippen LogP contribution in [0.4, 0.5) is 5.69 Å². The van der Waals surface area contributed by atoms with Crippen molar-refractivity contribution in [3.8, 4) is 11.1 Å². The Labute approximate surface area is 199 Å². The van der Waals surface area contributed by atoms with Gasteiger partial charge in [-0.25, -0.2) is 4.99 Å². The fourth-order valence-corrected chi connectivity index (χ4v) is 4.23. The average molecular weight is 447 g/mol. The van der Waals surface area contributed by atoms with Gasteiger partial charge in [0.15, 0.2) is 0 Å². The zero-order chi connectivity index (χ0) is 23.3. The van der Waals surface area contributed by atoms with Crippen molar-refractivity contribution in [2.75, 3.05) is 12.4 Å². The van der Waals surface area contributed by atoms with E-state index in [2.05, 4.69) is 58.1 Å². The molecule has 0 aliphatic carbocycles. The van der Waals surface area contributed by atoms with Gasteiger partial charge in [0.2, 0.25) is 0 Å². The maximum Gasteiger partial charge on any atom is 0.150 e. The molecule has 4 aromatic rings. The van der Waals surface area contributed by atoms with Gasteiger partial charge in [-0.15, -0.1) is 0 Å². The molecule has 0 saturated heterocycles. The zero-order valence-corrected chi connectivity index (χ0v) is 19.0. The molecule has 0 saturated carbocycles. The Hall–Kier alpha value is -4.25. The Kier molecular flexibility index (Phi) is 6.17. The molecule has 5 nitrogen and oxygen atoms in total. The largest absolute Gasteiger partial charge is 0.373 e. The molecule has 5 rings (SSSR count). The molecular weight excluding hydrogens is 420 g/mol. The first-order chi connectivity index (χ1) is 16.7. The molecule has 0 fully saturated rings. The second kappa shape index (κ2) is 9.71. The van der Waals surface area contributed by atoms with Gasteiger partial charge in [0.1, 0.15) is 18.3 Å². The van der Waals surface area contributed by atoms with Crippen LogP contribution in [0.2, 0.25) is 0 Å². The molecule has 1 unspecified atom stereocenters. The van der Waals surface area contributed by atoms with E-state index in [4.69, 9.17) is 4.99 Å². The van der Waals surface area contributed by atoms with E-state index < -0.39 is 0 Å². The molecule has 1 aliphatic heterocycles. The molecule has 0 bridgehead atoms. The van der Waals surface area contributed by atoms with Crippen LogP contribution in [0.25, 0.3) is 11.1 Å². The summed E-state index contributed by atoms with van der Waals surface area (Å²) in [6.07, 6.45) is 6.24. The molecule has 3 aromatic carbocycles. The fraction of sp³-hybridized carbons (Fsp3) is 0.138. The number of hydrogen-bond donors (Lipinski definition) is 2. The van der Waals surface area contributed by atoms with Gasteiger partial charge >= 0.3 is 0 Å². The number of carbonyl (C=O) groups excluding carboxylic acids is 1. The van der Waals surface area contributed by atoms with Gasteiger partial charge < -0.3 is 10.6 Å². The number of aliphatic imine (C=N–C) groups is 1. The number of pyridine rings is 1. The first-order valence-electron chi connectivity index (χ1n) is 11.4. The van der Waals surface area contributed by atoms with Crippen molar-refractivity contribution in [3.63, 3.8) is 0 Å². The maximum absolute atomic E-state index is 10.8. The van der Waals surface area contributed by atoms with E-state index in [-0.39, 0.29) is 6.17 Å². The van der Waals surface area contributed by atoms with E-state index in [0.717, 1.165) is 47.3 Å². The fourth-order valence-electron chi connectivity index (χ4n) is 4.23. The second-order valence-electron chi connectivity index (χ2n) is 8.38. The Morgan fingerprint density at radius 1 is 0.912 bits per heavy atom. The smallest absolute Gasteiger partial charge is 0.150 e. The Morgan fingerprint density at radius 2 is 1.62 bits per heavy atom. The van der Waals surface area contributed by atoms with Crippen molar-refractivity contribution >= 4 is 17.8 Å². The van der Waals surface area contributed by atoms with Gasteiger partial charge in [-0.05, 0) is 53.3 Å². The van der Waals surface area contributed by atoms with Crippen LogP contribution in [0.5, 0.6) is 0 Å². The molecule has 1 atom stereocenters. The molecule has 2 N–H and O–H groups in total. The first kappa shape index (κ1) is 21.6. The molecular formula is C29H26N4O. The number of rotatable bonds is 6. The number of aldehydes is 1. The average Bonchev–Trinajstić information content (AvgIpc) is 2.92. The lowest BCUT2D eigenvalue weighted by atomic mass is 9.97. The van der Waals surface area contributed by atoms with E-state index in [1.54, 1.807) is 6.20 Å². The van der Waals surface area contributed by atoms with Crippen LogP contribution in [-0.2, 0) is 12.8 Å². The minimum absolute atomic E-state index is 0.163. The summed E-state index contributed by atoms with van der Waals surface area (Å²) in [5.41, 5.74) is 8.70. The van der Waals surface area contributed by atoms with Crippen LogP contribution in [0.3, 0.4) is 0 Å². The molecule has 2 heterocycles. The minimum atomic E-state index is -0.163. The van der Waals surface area contributed by atoms with Crippen molar-refractivity contribution in [1.29, 1.82) is 0 Å². The van der Waals surface area contributed by atoms with Gasteiger partial charge in [0, 0.05) is 41.8 Å². The predicted molar refractivity (Wildman–Crippen MR) is 137 cm³/mol. The van der Waals surface area contributed by atoms with E-state index in [0.29, 0.717) is 5.56 Å². The molecule has 0 spiro atoms. The van der Waals surface area contributed by atoms with E-state index in [1.807, 2.05) is 49.6 Å². The minimum Gasteiger partial charge on any atom is -0.373 e. The lowest BCUT2D eigenvalue weighted by molar-refractivity contribution is 0.112. The monoisotopic (exact) mass is 446 g/mol. The number of anilines is 1. The summed E-state index contributed by atoms with van der Waals surface area (Å²) >= 11 is 0. The van der Waals surface area contributed by atoms with Crippen LogP contribution in [0.15, 0.2) is 96.2 Å². The molecule has 0 radical (unpaired) electrons. The summed E-state index contributed by atoms with van der Waals surface area (Å²) in [5.74, 6) is 0.863. The van der Waals surface area contributed by atoms with Gasteiger partial charge in [-0.2, -0.15) is 0 Å². The van der Waals surface area contributed by atoms with Crippen molar-refractivity contribution in [1.82, 2.24) is 10.3 Å². The van der Waals surface area contributed by atoms with Gasteiger partial charge in [0.25, 0.3) is 0 Å². The van der Waals surface area contributed by atoms with Crippen molar-refractivity contribution < 1.29 is 4.79 Å². The van der Waals surface area contributed by atoms with Crippen molar-refractivity contribution in [3.05, 3.63) is 119 Å². The lowest BCUT2D eigenvalue weighted by Crippen LogP contribution is -2.28. The highest BCUT2D eigenvalue weighted by molar-refractivity contribution is 6.05. The quantitative estimate of drug-likeness (QED) is 0.387. The summed E-state index contributed by atoms with van der Waals surface area (Å²) < 4.78 is 0. The predicted octanol–water partition coefficient (Wildman–Crippen LogP) is 5.44. The molecule has 168 valence electrons. The third kappa shape index (κ3) is 4.59. The number of benzene rings is 3. The summed E-state index contributed by atoms with van der Waals surface area (Å²) in [5, 5.41) is 6.78. The van der Waals surface area contributed by atoms with Crippen LogP contribution in [-0.4, -0.2) is 24.2 Å². The third-order valence-electron chi connectivity index (χ3n) is 6.17. The number of fused-ring (bicyclic) bond motifs is 1. The SMILES string of the molecule is CNC1=NC(c2cccnc2)Nc2ccc(-c3ccc(CCc4ccc(C=O)cc4)cc3)cc21. The number of carbonyl (C=O) groups is 1. The van der Waals surface area contributed by atoms with E-state index in [9.17, 15) is 4.79 Å². The Balaban J connectivity index is 1.32. The molecule has 0 amide bonds. The molecule has 5 heteroatoms. The van der Waals surface area contributed by atoms with E-state index >= 15 is 0 Å². The topological polar surface area (TPSA) is 66.4 Å². The first-order valence-corrected chi connectivity index (χ1v) is 11.4. The van der Waals surface area contributed by atoms with Gasteiger partial charge in [0.05, 0.1) is 0 Å². The second-order valence-corrected chi connectivity index (χ2v) is 8.38. The maximum atomic E-state index is 10.8. The number of amidine groups is 1. The van der Waals surface area contributed by atoms with Gasteiger partial charge in [-0.3, -0.25) is 9.78 Å². The number of nitrogens with zero attached hydrogens (tertiary/aromatic N) is 2. The van der Waals surface area contributed by atoms with E-state index in [1.165, 1.54) is 16.7 Å². The Bertz CT molecular complexity index is 1310. The van der Waals surface area contributed by atoms with Crippen molar-refractivity contribution in [2.45, 2.75) is 19.0 Å². The number of aromatic nitrogens is 1. The highest BCUT2D eigenvalue weighted by atomic mass is 16.1. The summed E-state index contributed by atoms with van der Waals surface area (Å²) in [6.45, 7) is 0. The lowest BCUT2D eigenvalue weighted by Gasteiger charge is -2.26.